The van der Waals surface area contributed by atoms with Crippen molar-refractivity contribution in [1.29, 1.82) is 0 Å². The highest BCUT2D eigenvalue weighted by atomic mass is 32.2. The average molecular weight is 449 g/mol. The lowest BCUT2D eigenvalue weighted by molar-refractivity contribution is -0.130. The molecule has 2 aliphatic rings. The Morgan fingerprint density at radius 1 is 1.20 bits per heavy atom. The zero-order chi connectivity index (χ0) is 21.3. The molecular weight excluding hydrogens is 420 g/mol. The first-order valence-corrected chi connectivity index (χ1v) is 13.3. The number of carbonyl (C=O) groups excluding carboxylic acids is 1. The number of sulfone groups is 1. The fraction of sp³-hybridized carbons (Fsp3) is 0.571. The third kappa shape index (κ3) is 4.88. The van der Waals surface area contributed by atoms with Crippen LogP contribution in [0.25, 0.3) is 5.69 Å². The molecule has 0 radical (unpaired) electrons. The summed E-state index contributed by atoms with van der Waals surface area (Å²) in [4.78, 5) is 14.9. The predicted molar refractivity (Wildman–Crippen MR) is 118 cm³/mol. The Morgan fingerprint density at radius 2 is 1.93 bits per heavy atom. The van der Waals surface area contributed by atoms with Crippen LogP contribution in [-0.4, -0.2) is 63.8 Å². The molecule has 4 rings (SSSR count). The molecule has 1 aromatic carbocycles. The summed E-state index contributed by atoms with van der Waals surface area (Å²) in [6, 6.07) is 9.76. The van der Waals surface area contributed by atoms with Crippen molar-refractivity contribution in [3.63, 3.8) is 0 Å². The molecule has 1 aliphatic heterocycles. The molecule has 1 saturated carbocycles. The molecule has 1 saturated heterocycles. The van der Waals surface area contributed by atoms with Crippen molar-refractivity contribution in [3.8, 4) is 5.69 Å². The maximum absolute atomic E-state index is 13.1. The standard InChI is InChI=1S/C21H28N4O3S2/c1-15(2)12-24(18-10-11-30(27,28)14-18)19(26)13-29-21-23-22-20(16-8-9-16)25(21)17-6-4-3-5-7-17/h3-7,15-16,18H,8-14H2,1-2H3/t18-/m0/s1. The molecule has 1 aliphatic carbocycles. The number of amides is 1. The lowest BCUT2D eigenvalue weighted by Gasteiger charge is -2.29. The fourth-order valence-corrected chi connectivity index (χ4v) is 6.45. The summed E-state index contributed by atoms with van der Waals surface area (Å²) >= 11 is 1.38. The van der Waals surface area contributed by atoms with Crippen LogP contribution in [-0.2, 0) is 14.6 Å². The molecule has 0 N–H and O–H groups in total. The predicted octanol–water partition coefficient (Wildman–Crippen LogP) is 2.91. The van der Waals surface area contributed by atoms with Gasteiger partial charge in [0, 0.05) is 24.2 Å². The van der Waals surface area contributed by atoms with E-state index in [1.807, 2.05) is 44.2 Å². The summed E-state index contributed by atoms with van der Waals surface area (Å²) in [6.07, 6.45) is 2.76. The summed E-state index contributed by atoms with van der Waals surface area (Å²) in [5, 5.41) is 9.49. The minimum absolute atomic E-state index is 0.0358. The number of para-hydroxylation sites is 1. The summed E-state index contributed by atoms with van der Waals surface area (Å²) < 4.78 is 25.9. The minimum Gasteiger partial charge on any atom is -0.338 e. The maximum Gasteiger partial charge on any atom is 0.233 e. The van der Waals surface area contributed by atoms with Gasteiger partial charge >= 0.3 is 0 Å². The lowest BCUT2D eigenvalue weighted by atomic mass is 10.1. The van der Waals surface area contributed by atoms with Gasteiger partial charge < -0.3 is 4.90 Å². The number of aromatic nitrogens is 3. The topological polar surface area (TPSA) is 85.2 Å². The third-order valence-electron chi connectivity index (χ3n) is 5.47. The van der Waals surface area contributed by atoms with E-state index in [1.165, 1.54) is 11.8 Å². The van der Waals surface area contributed by atoms with E-state index in [-0.39, 0.29) is 35.1 Å². The molecular formula is C21H28N4O3S2. The molecule has 2 heterocycles. The van der Waals surface area contributed by atoms with E-state index in [2.05, 4.69) is 14.8 Å². The highest BCUT2D eigenvalue weighted by molar-refractivity contribution is 7.99. The van der Waals surface area contributed by atoms with Gasteiger partial charge in [0.15, 0.2) is 15.0 Å². The molecule has 30 heavy (non-hydrogen) atoms. The summed E-state index contributed by atoms with van der Waals surface area (Å²) in [7, 11) is -3.05. The first kappa shape index (κ1) is 21.4. The number of carbonyl (C=O) groups is 1. The van der Waals surface area contributed by atoms with Crippen LogP contribution in [0, 0.1) is 5.92 Å². The van der Waals surface area contributed by atoms with Crippen molar-refractivity contribution in [2.45, 2.75) is 50.2 Å². The van der Waals surface area contributed by atoms with Gasteiger partial charge in [0.05, 0.1) is 17.3 Å². The van der Waals surface area contributed by atoms with Crippen LogP contribution in [0.1, 0.15) is 44.9 Å². The number of nitrogens with zero attached hydrogens (tertiary/aromatic N) is 4. The monoisotopic (exact) mass is 448 g/mol. The Bertz CT molecular complexity index is 1000. The van der Waals surface area contributed by atoms with Gasteiger partial charge in [-0.2, -0.15) is 0 Å². The van der Waals surface area contributed by atoms with Crippen LogP contribution in [0.4, 0.5) is 0 Å². The number of hydrogen-bond acceptors (Lipinski definition) is 6. The zero-order valence-corrected chi connectivity index (χ0v) is 19.0. The van der Waals surface area contributed by atoms with Crippen molar-refractivity contribution in [3.05, 3.63) is 36.2 Å². The van der Waals surface area contributed by atoms with Gasteiger partial charge in [0.1, 0.15) is 5.82 Å². The Hall–Kier alpha value is -1.87. The molecule has 1 amide bonds. The van der Waals surface area contributed by atoms with Crippen LogP contribution in [0.2, 0.25) is 0 Å². The molecule has 9 heteroatoms. The molecule has 1 atom stereocenters. The molecule has 2 fully saturated rings. The highest BCUT2D eigenvalue weighted by Crippen LogP contribution is 2.41. The quantitative estimate of drug-likeness (QED) is 0.577. The van der Waals surface area contributed by atoms with E-state index in [1.54, 1.807) is 4.90 Å². The van der Waals surface area contributed by atoms with Crippen molar-refractivity contribution in [2.24, 2.45) is 5.92 Å². The Balaban J connectivity index is 1.51. The van der Waals surface area contributed by atoms with Crippen LogP contribution < -0.4 is 0 Å². The Morgan fingerprint density at radius 3 is 2.53 bits per heavy atom. The van der Waals surface area contributed by atoms with Crippen LogP contribution in [0.3, 0.4) is 0 Å². The van der Waals surface area contributed by atoms with Crippen molar-refractivity contribution < 1.29 is 13.2 Å². The number of thioether (sulfide) groups is 1. The number of rotatable bonds is 8. The largest absolute Gasteiger partial charge is 0.338 e. The summed E-state index contributed by atoms with van der Waals surface area (Å²) in [5.41, 5.74) is 1.00. The molecule has 2 aromatic rings. The maximum atomic E-state index is 13.1. The molecule has 0 bridgehead atoms. The second-order valence-electron chi connectivity index (χ2n) is 8.57. The smallest absolute Gasteiger partial charge is 0.233 e. The van der Waals surface area contributed by atoms with E-state index in [0.717, 1.165) is 24.4 Å². The number of benzene rings is 1. The van der Waals surface area contributed by atoms with Crippen LogP contribution >= 0.6 is 11.8 Å². The van der Waals surface area contributed by atoms with Crippen molar-refractivity contribution >= 4 is 27.5 Å². The van der Waals surface area contributed by atoms with E-state index in [9.17, 15) is 13.2 Å². The van der Waals surface area contributed by atoms with E-state index < -0.39 is 9.84 Å². The van der Waals surface area contributed by atoms with Gasteiger partial charge in [-0.1, -0.05) is 43.8 Å². The van der Waals surface area contributed by atoms with Gasteiger partial charge in [-0.25, -0.2) is 8.42 Å². The zero-order valence-electron chi connectivity index (χ0n) is 17.4. The minimum atomic E-state index is -3.05. The van der Waals surface area contributed by atoms with Gasteiger partial charge in [0.25, 0.3) is 0 Å². The highest BCUT2D eigenvalue weighted by Gasteiger charge is 2.35. The van der Waals surface area contributed by atoms with Gasteiger partial charge in [-0.3, -0.25) is 9.36 Å². The van der Waals surface area contributed by atoms with Crippen molar-refractivity contribution in [1.82, 2.24) is 19.7 Å². The van der Waals surface area contributed by atoms with Crippen LogP contribution in [0.5, 0.6) is 0 Å². The lowest BCUT2D eigenvalue weighted by Crippen LogP contribution is -2.44. The molecule has 0 spiro atoms. The number of hydrogen-bond donors (Lipinski definition) is 0. The molecule has 0 unspecified atom stereocenters. The normalized spacial score (nSPS) is 20.6. The first-order valence-electron chi connectivity index (χ1n) is 10.5. The SMILES string of the molecule is CC(C)CN(C(=O)CSc1nnc(C2CC2)n1-c1ccccc1)[C@H]1CCS(=O)(=O)C1. The molecule has 162 valence electrons. The average Bonchev–Trinajstić information content (AvgIpc) is 3.37. The second kappa shape index (κ2) is 8.70. The van der Waals surface area contributed by atoms with E-state index in [0.29, 0.717) is 24.0 Å². The molecule has 1 aromatic heterocycles. The van der Waals surface area contributed by atoms with Gasteiger partial charge in [-0.05, 0) is 37.3 Å². The third-order valence-corrected chi connectivity index (χ3v) is 8.14. The Labute approximate surface area is 182 Å². The van der Waals surface area contributed by atoms with E-state index >= 15 is 0 Å². The summed E-state index contributed by atoms with van der Waals surface area (Å²) in [5.74, 6) is 2.09. The van der Waals surface area contributed by atoms with Gasteiger partial charge in [-0.15, -0.1) is 10.2 Å². The molecule has 7 nitrogen and oxygen atoms in total. The van der Waals surface area contributed by atoms with Gasteiger partial charge in [0.2, 0.25) is 5.91 Å². The van der Waals surface area contributed by atoms with Crippen molar-refractivity contribution in [2.75, 3.05) is 23.8 Å². The van der Waals surface area contributed by atoms with E-state index in [4.69, 9.17) is 0 Å². The Kier molecular flexibility index (Phi) is 6.20. The first-order chi connectivity index (χ1) is 14.3. The fourth-order valence-electron chi connectivity index (χ4n) is 3.88. The van der Waals surface area contributed by atoms with Crippen LogP contribution in [0.15, 0.2) is 35.5 Å². The second-order valence-corrected chi connectivity index (χ2v) is 11.7. The summed E-state index contributed by atoms with van der Waals surface area (Å²) in [6.45, 7) is 4.66.